The van der Waals surface area contributed by atoms with Gasteiger partial charge in [0.2, 0.25) is 5.91 Å². The third kappa shape index (κ3) is 14.3. The first-order valence-corrected chi connectivity index (χ1v) is 24.2. The predicted octanol–water partition coefficient (Wildman–Crippen LogP) is 10.3. The lowest BCUT2D eigenvalue weighted by Gasteiger charge is -2.32. The van der Waals surface area contributed by atoms with Gasteiger partial charge in [-0.2, -0.15) is 0 Å². The standard InChI is InChI=1S/C52H74FN5O5/c1-4-5-6-7-8-9-10-11-12-13-14-15-16-17-18-20-47(59)57-30-27-42(28-31-57)54-50(60)45-38-58(39-52(2,3)48-44-26-23-41(53)37-46(44)55-49(45)48)51(61)40-21-24-43(25-22-40)63-34-19-29-56-32-35-62-36-33-56/h11-12,21-26,37-38,42,55H,4-10,13-20,27-36,39H2,1-3H3,(H,54,60). The van der Waals surface area contributed by atoms with Crippen LogP contribution in [-0.4, -0.2) is 103 Å². The van der Waals surface area contributed by atoms with Crippen LogP contribution >= 0.6 is 0 Å². The molecule has 3 aliphatic heterocycles. The number of ether oxygens (including phenoxy) is 2. The smallest absolute Gasteiger partial charge is 0.257 e. The SMILES string of the molecule is CCCCCCCCC=CCCCCCCCC(=O)N1CCC(NC(=O)C2=CN(C(=O)c3ccc(OCCCN4CCOCC4)cc3)CC(C)(C)c3c2[nH]c2cc(F)ccc32)CC1. The van der Waals surface area contributed by atoms with E-state index in [4.69, 9.17) is 9.47 Å². The molecule has 6 rings (SSSR count). The number of hydrogen-bond acceptors (Lipinski definition) is 6. The molecular formula is C52H74FN5O5. The Morgan fingerprint density at radius 2 is 1.52 bits per heavy atom. The molecule has 0 radical (unpaired) electrons. The number of aromatic amines is 1. The molecule has 11 heteroatoms. The second-order valence-electron chi connectivity index (χ2n) is 18.6. The Balaban J connectivity index is 0.995. The van der Waals surface area contributed by atoms with Crippen molar-refractivity contribution in [1.29, 1.82) is 0 Å². The molecule has 10 nitrogen and oxygen atoms in total. The number of benzene rings is 2. The van der Waals surface area contributed by atoms with Crippen molar-refractivity contribution < 1.29 is 28.2 Å². The summed E-state index contributed by atoms with van der Waals surface area (Å²) in [4.78, 5) is 51.1. The Morgan fingerprint density at radius 1 is 0.857 bits per heavy atom. The highest BCUT2D eigenvalue weighted by atomic mass is 19.1. The van der Waals surface area contributed by atoms with Crippen LogP contribution in [0.2, 0.25) is 0 Å². The molecular weight excluding hydrogens is 794 g/mol. The first-order valence-electron chi connectivity index (χ1n) is 24.2. The Labute approximate surface area is 376 Å². The number of likely N-dealkylation sites (tertiary alicyclic amines) is 1. The van der Waals surface area contributed by atoms with E-state index < -0.39 is 5.41 Å². The molecule has 2 fully saturated rings. The van der Waals surface area contributed by atoms with Crippen LogP contribution < -0.4 is 10.1 Å². The molecule has 0 spiro atoms. The normalized spacial score (nSPS) is 17.2. The van der Waals surface area contributed by atoms with Gasteiger partial charge in [0.15, 0.2) is 0 Å². The number of nitrogens with zero attached hydrogens (tertiary/aromatic N) is 3. The van der Waals surface area contributed by atoms with E-state index in [2.05, 4.69) is 48.1 Å². The van der Waals surface area contributed by atoms with Crippen LogP contribution in [0.5, 0.6) is 5.75 Å². The van der Waals surface area contributed by atoms with Gasteiger partial charge >= 0.3 is 0 Å². The van der Waals surface area contributed by atoms with E-state index in [0.717, 1.165) is 75.9 Å². The molecule has 3 aromatic rings. The number of unbranched alkanes of at least 4 members (excludes halogenated alkanes) is 11. The topological polar surface area (TPSA) is 107 Å². The number of carbonyl (C=O) groups is 3. The number of halogens is 1. The number of piperidine rings is 1. The van der Waals surface area contributed by atoms with Gasteiger partial charge < -0.3 is 29.6 Å². The molecule has 63 heavy (non-hydrogen) atoms. The van der Waals surface area contributed by atoms with Crippen LogP contribution in [0.4, 0.5) is 4.39 Å². The molecule has 3 aliphatic rings. The maximum Gasteiger partial charge on any atom is 0.257 e. The van der Waals surface area contributed by atoms with Crippen LogP contribution in [0, 0.1) is 5.82 Å². The molecule has 3 amide bonds. The Morgan fingerprint density at radius 3 is 2.22 bits per heavy atom. The van der Waals surface area contributed by atoms with E-state index >= 15 is 0 Å². The zero-order valence-electron chi connectivity index (χ0n) is 38.5. The van der Waals surface area contributed by atoms with Crippen molar-refractivity contribution in [2.24, 2.45) is 0 Å². The van der Waals surface area contributed by atoms with Gasteiger partial charge in [0.05, 0.1) is 31.1 Å². The van der Waals surface area contributed by atoms with Gasteiger partial charge in [0, 0.05) is 79.8 Å². The maximum absolute atomic E-state index is 14.5. The van der Waals surface area contributed by atoms with Crippen molar-refractivity contribution >= 4 is 34.2 Å². The van der Waals surface area contributed by atoms with Crippen molar-refractivity contribution in [3.8, 4) is 5.75 Å². The van der Waals surface area contributed by atoms with Crippen LogP contribution in [0.25, 0.3) is 16.5 Å². The van der Waals surface area contributed by atoms with Crippen molar-refractivity contribution in [1.82, 2.24) is 25.0 Å². The molecule has 2 aromatic carbocycles. The fraction of sp³-hybridized carbons (Fsp3) is 0.596. The Hall–Kier alpha value is -4.48. The van der Waals surface area contributed by atoms with E-state index in [1.165, 1.54) is 69.9 Å². The minimum atomic E-state index is -0.598. The molecule has 2 saturated heterocycles. The first kappa shape index (κ1) is 48.0. The number of morpholine rings is 1. The summed E-state index contributed by atoms with van der Waals surface area (Å²) in [6, 6.07) is 11.7. The molecule has 1 aromatic heterocycles. The number of rotatable bonds is 23. The lowest BCUT2D eigenvalue weighted by atomic mass is 9.81. The lowest BCUT2D eigenvalue weighted by Crippen LogP contribution is -2.46. The van der Waals surface area contributed by atoms with Crippen molar-refractivity contribution in [3.05, 3.63) is 83.5 Å². The van der Waals surface area contributed by atoms with Crippen LogP contribution in [0.15, 0.2) is 60.8 Å². The molecule has 344 valence electrons. The molecule has 4 heterocycles. The minimum absolute atomic E-state index is 0.130. The van der Waals surface area contributed by atoms with Gasteiger partial charge in [0.1, 0.15) is 11.6 Å². The summed E-state index contributed by atoms with van der Waals surface area (Å²) >= 11 is 0. The third-order valence-corrected chi connectivity index (χ3v) is 13.0. The zero-order chi connectivity index (χ0) is 44.4. The fourth-order valence-electron chi connectivity index (χ4n) is 9.35. The zero-order valence-corrected chi connectivity index (χ0v) is 38.5. The van der Waals surface area contributed by atoms with Gasteiger partial charge in [-0.1, -0.05) is 84.3 Å². The Kier molecular flexibility index (Phi) is 18.7. The van der Waals surface area contributed by atoms with Crippen LogP contribution in [0.1, 0.15) is 152 Å². The largest absolute Gasteiger partial charge is 0.494 e. The van der Waals surface area contributed by atoms with E-state index in [9.17, 15) is 18.8 Å². The summed E-state index contributed by atoms with van der Waals surface area (Å²) in [5.74, 6) is -0.0153. The third-order valence-electron chi connectivity index (χ3n) is 13.0. The van der Waals surface area contributed by atoms with E-state index in [0.29, 0.717) is 73.6 Å². The quantitative estimate of drug-likeness (QED) is 0.0726. The number of fused-ring (bicyclic) bond motifs is 3. The molecule has 2 N–H and O–H groups in total. The summed E-state index contributed by atoms with van der Waals surface area (Å²) in [6.45, 7) is 12.8. The number of allylic oxidation sites excluding steroid dienone is 2. The number of aromatic nitrogens is 1. The van der Waals surface area contributed by atoms with Gasteiger partial charge in [-0.3, -0.25) is 19.3 Å². The van der Waals surface area contributed by atoms with Crippen molar-refractivity contribution in [3.63, 3.8) is 0 Å². The molecule has 0 atom stereocenters. The summed E-state index contributed by atoms with van der Waals surface area (Å²) in [5, 5.41) is 4.06. The number of H-pyrrole nitrogens is 1. The molecule has 0 bridgehead atoms. The monoisotopic (exact) mass is 868 g/mol. The summed E-state index contributed by atoms with van der Waals surface area (Å²) in [5.41, 5.74) is 2.26. The number of carbonyl (C=O) groups excluding carboxylic acids is 3. The van der Waals surface area contributed by atoms with Crippen molar-refractivity contribution in [2.75, 3.05) is 59.1 Å². The number of nitrogens with one attached hydrogen (secondary N) is 2. The Bertz CT molecular complexity index is 1980. The van der Waals surface area contributed by atoms with Crippen molar-refractivity contribution in [2.45, 2.75) is 141 Å². The fourth-order valence-corrected chi connectivity index (χ4v) is 9.35. The molecule has 0 aliphatic carbocycles. The maximum atomic E-state index is 14.5. The second kappa shape index (κ2) is 24.5. The molecule has 0 saturated carbocycles. The highest BCUT2D eigenvalue weighted by molar-refractivity contribution is 6.21. The van der Waals surface area contributed by atoms with Gasteiger partial charge in [0.25, 0.3) is 11.8 Å². The first-order chi connectivity index (χ1) is 30.6. The second-order valence-corrected chi connectivity index (χ2v) is 18.6. The summed E-state index contributed by atoms with van der Waals surface area (Å²) in [7, 11) is 0. The number of hydrogen-bond donors (Lipinski definition) is 2. The van der Waals surface area contributed by atoms with E-state index in [1.807, 2.05) is 17.0 Å². The van der Waals surface area contributed by atoms with E-state index in [-0.39, 0.29) is 29.6 Å². The highest BCUT2D eigenvalue weighted by Gasteiger charge is 2.38. The van der Waals surface area contributed by atoms with Crippen LogP contribution in [0.3, 0.4) is 0 Å². The lowest BCUT2D eigenvalue weighted by molar-refractivity contribution is -0.132. The summed E-state index contributed by atoms with van der Waals surface area (Å²) in [6.07, 6.45) is 25.1. The van der Waals surface area contributed by atoms with Gasteiger partial charge in [-0.15, -0.1) is 0 Å². The van der Waals surface area contributed by atoms with Gasteiger partial charge in [-0.05, 0) is 99.4 Å². The highest BCUT2D eigenvalue weighted by Crippen LogP contribution is 2.41. The van der Waals surface area contributed by atoms with Gasteiger partial charge in [-0.25, -0.2) is 4.39 Å². The average Bonchev–Trinajstić information content (AvgIpc) is 3.62. The predicted molar refractivity (Wildman–Crippen MR) is 251 cm³/mol. The number of amides is 3. The average molecular weight is 868 g/mol. The minimum Gasteiger partial charge on any atom is -0.494 e. The van der Waals surface area contributed by atoms with E-state index in [1.54, 1.807) is 29.3 Å². The van der Waals surface area contributed by atoms with Crippen LogP contribution in [-0.2, 0) is 19.7 Å². The summed E-state index contributed by atoms with van der Waals surface area (Å²) < 4.78 is 25.9. The molecule has 0 unspecified atom stereocenters.